The zero-order valence-electron chi connectivity index (χ0n) is 14.1. The van der Waals surface area contributed by atoms with Gasteiger partial charge in [-0.2, -0.15) is 0 Å². The Bertz CT molecular complexity index is 617. The van der Waals surface area contributed by atoms with E-state index in [9.17, 15) is 0 Å². The molecule has 1 heterocycles. The van der Waals surface area contributed by atoms with Crippen LogP contribution in [-0.4, -0.2) is 18.3 Å². The normalized spacial score (nSPS) is 37.6. The van der Waals surface area contributed by atoms with Crippen LogP contribution in [0.4, 0.5) is 0 Å². The summed E-state index contributed by atoms with van der Waals surface area (Å²) >= 11 is 6.31. The lowest BCUT2D eigenvalue weighted by Crippen LogP contribution is -2.66. The summed E-state index contributed by atoms with van der Waals surface area (Å²) in [7, 11) is -0.0553. The van der Waals surface area contributed by atoms with Gasteiger partial charge in [0.05, 0.1) is 11.2 Å². The molecule has 0 atom stereocenters. The van der Waals surface area contributed by atoms with Gasteiger partial charge in [0, 0.05) is 10.3 Å². The number of hydrogen-bond donors (Lipinski definition) is 0. The summed E-state index contributed by atoms with van der Waals surface area (Å²) in [4.78, 5) is 0. The molecule has 3 saturated carbocycles. The highest BCUT2D eigenvalue weighted by Crippen LogP contribution is 2.80. The van der Waals surface area contributed by atoms with E-state index >= 15 is 0 Å². The molecule has 118 valence electrons. The number of rotatable bonds is 2. The number of aryl methyl sites for hydroxylation is 1. The average Bonchev–Trinajstić information content (AvgIpc) is 2.49. The molecule has 0 amide bonds. The van der Waals surface area contributed by atoms with Gasteiger partial charge >= 0.3 is 7.12 Å². The van der Waals surface area contributed by atoms with E-state index in [1.807, 2.05) is 0 Å². The Labute approximate surface area is 138 Å². The van der Waals surface area contributed by atoms with Crippen LogP contribution in [0.25, 0.3) is 0 Å². The van der Waals surface area contributed by atoms with E-state index in [2.05, 4.69) is 52.8 Å². The zero-order chi connectivity index (χ0) is 16.0. The van der Waals surface area contributed by atoms with Crippen molar-refractivity contribution in [1.82, 2.24) is 0 Å². The minimum absolute atomic E-state index is 0.0553. The van der Waals surface area contributed by atoms with Gasteiger partial charge in [0.2, 0.25) is 0 Å². The average molecular weight is 319 g/mol. The van der Waals surface area contributed by atoms with Gasteiger partial charge in [-0.1, -0.05) is 23.7 Å². The van der Waals surface area contributed by atoms with Crippen LogP contribution in [0.15, 0.2) is 18.2 Å². The Morgan fingerprint density at radius 2 is 1.55 bits per heavy atom. The highest BCUT2D eigenvalue weighted by atomic mass is 35.5. The summed E-state index contributed by atoms with van der Waals surface area (Å²) in [6.45, 7) is 10.6. The molecule has 4 fully saturated rings. The molecule has 3 aliphatic carbocycles. The standard InChI is InChI=1S/C18H24BClO2/c1-12-6-7-13(8-14(12)20)17-9-18(10-17,11-17)19-21-15(2,3)16(4,5)22-19/h6-8H,9-11H2,1-5H3. The monoisotopic (exact) mass is 318 g/mol. The second-order valence-corrected chi connectivity index (χ2v) is 9.13. The van der Waals surface area contributed by atoms with E-state index in [0.717, 1.165) is 29.8 Å². The van der Waals surface area contributed by atoms with E-state index in [4.69, 9.17) is 20.9 Å². The van der Waals surface area contributed by atoms with Crippen molar-refractivity contribution in [1.29, 1.82) is 0 Å². The number of halogens is 1. The highest BCUT2D eigenvalue weighted by molar-refractivity contribution is 6.51. The van der Waals surface area contributed by atoms with Crippen LogP contribution in [0.5, 0.6) is 0 Å². The van der Waals surface area contributed by atoms with Gasteiger partial charge in [0.25, 0.3) is 0 Å². The summed E-state index contributed by atoms with van der Waals surface area (Å²) < 4.78 is 12.6. The maximum atomic E-state index is 6.31. The van der Waals surface area contributed by atoms with Gasteiger partial charge in [0.15, 0.2) is 0 Å². The van der Waals surface area contributed by atoms with Crippen LogP contribution in [0.3, 0.4) is 0 Å². The summed E-state index contributed by atoms with van der Waals surface area (Å²) in [6, 6.07) is 6.54. The molecule has 0 spiro atoms. The number of benzene rings is 1. The van der Waals surface area contributed by atoms with Crippen molar-refractivity contribution in [2.75, 3.05) is 0 Å². The van der Waals surface area contributed by atoms with Gasteiger partial charge < -0.3 is 9.31 Å². The molecule has 1 aliphatic heterocycles. The fraction of sp³-hybridized carbons (Fsp3) is 0.667. The third-order valence-corrected chi connectivity index (χ3v) is 7.02. The maximum Gasteiger partial charge on any atom is 0.464 e. The van der Waals surface area contributed by atoms with Gasteiger partial charge in [-0.3, -0.25) is 0 Å². The lowest BCUT2D eigenvalue weighted by molar-refractivity contribution is -0.0383. The Balaban J connectivity index is 1.51. The molecule has 2 bridgehead atoms. The van der Waals surface area contributed by atoms with Crippen molar-refractivity contribution in [3.05, 3.63) is 34.3 Å². The topological polar surface area (TPSA) is 18.5 Å². The molecule has 22 heavy (non-hydrogen) atoms. The first-order valence-corrected chi connectivity index (χ1v) is 8.59. The maximum absolute atomic E-state index is 6.31. The van der Waals surface area contributed by atoms with Gasteiger partial charge in [-0.25, -0.2) is 0 Å². The van der Waals surface area contributed by atoms with Crippen molar-refractivity contribution in [3.63, 3.8) is 0 Å². The van der Waals surface area contributed by atoms with Crippen LogP contribution < -0.4 is 0 Å². The lowest BCUT2D eigenvalue weighted by Gasteiger charge is -2.71. The summed E-state index contributed by atoms with van der Waals surface area (Å²) in [5.74, 6) is 0. The highest BCUT2D eigenvalue weighted by Gasteiger charge is 2.76. The molecule has 4 heteroatoms. The first kappa shape index (κ1) is 15.0. The summed E-state index contributed by atoms with van der Waals surface area (Å²) in [6.07, 6.45) is 3.49. The van der Waals surface area contributed by atoms with Crippen molar-refractivity contribution in [2.45, 2.75) is 75.8 Å². The third-order valence-electron chi connectivity index (χ3n) is 6.61. The van der Waals surface area contributed by atoms with E-state index < -0.39 is 0 Å². The van der Waals surface area contributed by atoms with Crippen LogP contribution in [0.1, 0.15) is 58.1 Å². The first-order valence-electron chi connectivity index (χ1n) is 8.22. The van der Waals surface area contributed by atoms with Crippen LogP contribution in [0, 0.1) is 6.92 Å². The van der Waals surface area contributed by atoms with Crippen LogP contribution in [0.2, 0.25) is 10.3 Å². The molecule has 4 aliphatic rings. The van der Waals surface area contributed by atoms with Crippen molar-refractivity contribution in [3.8, 4) is 0 Å². The Morgan fingerprint density at radius 3 is 2.05 bits per heavy atom. The molecular formula is C18H24BClO2. The third kappa shape index (κ3) is 1.76. The Morgan fingerprint density at radius 1 is 1.00 bits per heavy atom. The zero-order valence-corrected chi connectivity index (χ0v) is 14.9. The molecular weight excluding hydrogens is 294 g/mol. The van der Waals surface area contributed by atoms with Crippen LogP contribution >= 0.6 is 11.6 Å². The lowest BCUT2D eigenvalue weighted by atomic mass is 9.23. The van der Waals surface area contributed by atoms with E-state index in [1.165, 1.54) is 5.56 Å². The predicted octanol–water partition coefficient (Wildman–Crippen LogP) is 4.92. The second-order valence-electron chi connectivity index (χ2n) is 8.73. The van der Waals surface area contributed by atoms with Gasteiger partial charge in [0.1, 0.15) is 0 Å². The second kappa shape index (κ2) is 4.12. The van der Waals surface area contributed by atoms with E-state index in [1.54, 1.807) is 0 Å². The Hall–Kier alpha value is -0.505. The van der Waals surface area contributed by atoms with Crippen molar-refractivity contribution in [2.24, 2.45) is 0 Å². The number of hydrogen-bond acceptors (Lipinski definition) is 2. The summed E-state index contributed by atoms with van der Waals surface area (Å²) in [5.41, 5.74) is 2.40. The minimum atomic E-state index is -0.229. The molecule has 2 nitrogen and oxygen atoms in total. The summed E-state index contributed by atoms with van der Waals surface area (Å²) in [5, 5.41) is 1.11. The van der Waals surface area contributed by atoms with E-state index in [0.29, 0.717) is 5.41 Å². The van der Waals surface area contributed by atoms with Crippen LogP contribution in [-0.2, 0) is 14.7 Å². The molecule has 1 aromatic carbocycles. The molecule has 0 N–H and O–H groups in total. The quantitative estimate of drug-likeness (QED) is 0.721. The van der Waals surface area contributed by atoms with Crippen molar-refractivity contribution >= 4 is 18.7 Å². The minimum Gasteiger partial charge on any atom is -0.403 e. The fourth-order valence-corrected chi connectivity index (χ4v) is 4.62. The van der Waals surface area contributed by atoms with Gasteiger partial charge in [-0.05, 0) is 76.5 Å². The largest absolute Gasteiger partial charge is 0.464 e. The Kier molecular flexibility index (Phi) is 2.82. The molecule has 1 saturated heterocycles. The molecule has 5 rings (SSSR count). The molecule has 0 aromatic heterocycles. The smallest absolute Gasteiger partial charge is 0.403 e. The van der Waals surface area contributed by atoms with Crippen molar-refractivity contribution < 1.29 is 9.31 Å². The molecule has 1 aromatic rings. The predicted molar refractivity (Wildman–Crippen MR) is 90.5 cm³/mol. The fourth-order valence-electron chi connectivity index (χ4n) is 4.44. The molecule has 0 unspecified atom stereocenters. The first-order chi connectivity index (χ1) is 10.1. The molecule has 0 radical (unpaired) electrons. The van der Waals surface area contributed by atoms with E-state index in [-0.39, 0.29) is 23.6 Å². The van der Waals surface area contributed by atoms with Gasteiger partial charge in [-0.15, -0.1) is 0 Å². The SMILES string of the molecule is Cc1ccc(C23CC(B4OC(C)(C)C(C)(C)O4)(C2)C3)cc1Cl.